The van der Waals surface area contributed by atoms with Crippen LogP contribution in [0.25, 0.3) is 11.1 Å². The third-order valence-electron chi connectivity index (χ3n) is 9.16. The topological polar surface area (TPSA) is 114 Å². The van der Waals surface area contributed by atoms with Crippen LogP contribution in [-0.4, -0.2) is 96.6 Å². The summed E-state index contributed by atoms with van der Waals surface area (Å²) in [7, 11) is 3.38. The van der Waals surface area contributed by atoms with Crippen molar-refractivity contribution in [2.45, 2.75) is 57.0 Å². The van der Waals surface area contributed by atoms with Gasteiger partial charge in [-0.25, -0.2) is 0 Å². The van der Waals surface area contributed by atoms with Crippen LogP contribution >= 0.6 is 11.3 Å². The van der Waals surface area contributed by atoms with Gasteiger partial charge in [-0.2, -0.15) is 0 Å². The van der Waals surface area contributed by atoms with E-state index >= 15 is 0 Å². The first-order chi connectivity index (χ1) is 22.1. The van der Waals surface area contributed by atoms with Crippen molar-refractivity contribution in [2.24, 2.45) is 5.41 Å². The van der Waals surface area contributed by atoms with Gasteiger partial charge in [0.15, 0.2) is 0 Å². The Morgan fingerprint density at radius 1 is 1.04 bits per heavy atom. The molecule has 1 aromatic heterocycles. The van der Waals surface area contributed by atoms with Crippen LogP contribution < -0.4 is 10.6 Å². The van der Waals surface area contributed by atoms with Crippen LogP contribution in [0.2, 0.25) is 0 Å². The van der Waals surface area contributed by atoms with Crippen molar-refractivity contribution in [3.63, 3.8) is 0 Å². The highest BCUT2D eigenvalue weighted by Crippen LogP contribution is 2.40. The molecule has 5 rings (SSSR count). The minimum Gasteiger partial charge on any atom is -0.512 e. The fourth-order valence-electron chi connectivity index (χ4n) is 5.84. The lowest BCUT2D eigenvalue weighted by Gasteiger charge is -2.36. The van der Waals surface area contributed by atoms with Gasteiger partial charge >= 0.3 is 0 Å². The second-order valence-electron chi connectivity index (χ2n) is 12.7. The van der Waals surface area contributed by atoms with Crippen LogP contribution in [-0.2, 0) is 27.2 Å². The Hall–Kier alpha value is -3.54. The van der Waals surface area contributed by atoms with Gasteiger partial charge in [0.05, 0.1) is 24.7 Å². The molecule has 46 heavy (non-hydrogen) atoms. The lowest BCUT2D eigenvalue weighted by atomic mass is 9.98. The zero-order chi connectivity index (χ0) is 32.7. The molecule has 9 nitrogen and oxygen atoms in total. The van der Waals surface area contributed by atoms with Crippen LogP contribution in [0.5, 0.6) is 0 Å². The van der Waals surface area contributed by atoms with Crippen LogP contribution in [0.1, 0.15) is 30.2 Å². The molecule has 10 heteroatoms. The molecule has 1 saturated heterocycles. The Kier molecular flexibility index (Phi) is 11.3. The Balaban J connectivity index is 1.34. The van der Waals surface area contributed by atoms with E-state index in [9.17, 15) is 19.8 Å². The number of aliphatic hydroxyl groups excluding tert-OH is 2. The summed E-state index contributed by atoms with van der Waals surface area (Å²) in [6, 6.07) is 20.8. The van der Waals surface area contributed by atoms with Crippen molar-refractivity contribution in [1.82, 2.24) is 20.4 Å². The molecule has 4 N–H and O–H groups in total. The monoisotopic (exact) mass is 646 g/mol. The predicted octanol–water partition coefficient (Wildman–Crippen LogP) is 3.99. The van der Waals surface area contributed by atoms with E-state index in [1.54, 1.807) is 25.1 Å². The van der Waals surface area contributed by atoms with Crippen molar-refractivity contribution in [3.8, 4) is 11.1 Å². The summed E-state index contributed by atoms with van der Waals surface area (Å²) in [5, 5.41) is 29.4. The Morgan fingerprint density at radius 3 is 2.39 bits per heavy atom. The normalized spacial score (nSPS) is 21.0. The van der Waals surface area contributed by atoms with E-state index in [1.807, 2.05) is 66.9 Å². The molecule has 3 aromatic rings. The number of amides is 2. The molecule has 246 valence electrons. The largest absolute Gasteiger partial charge is 0.512 e. The highest BCUT2D eigenvalue weighted by Gasteiger charge is 2.41. The number of rotatable bonds is 16. The zero-order valence-corrected chi connectivity index (χ0v) is 27.7. The molecule has 0 saturated carbocycles. The lowest BCUT2D eigenvalue weighted by molar-refractivity contribution is -0.148. The molecule has 0 bridgehead atoms. The van der Waals surface area contributed by atoms with Crippen LogP contribution in [0.15, 0.2) is 83.9 Å². The fraction of sp³-hybridized carbons (Fsp3) is 0.444. The molecular weight excluding hydrogens is 600 g/mol. The molecule has 2 unspecified atom stereocenters. The third-order valence-corrected chi connectivity index (χ3v) is 10.1. The first kappa shape index (κ1) is 33.8. The molecule has 5 atom stereocenters. The molecule has 2 aromatic carbocycles. The van der Waals surface area contributed by atoms with Crippen molar-refractivity contribution in [2.75, 3.05) is 40.4 Å². The number of nitrogens with one attached hydrogen (secondary N) is 2. The van der Waals surface area contributed by atoms with Crippen molar-refractivity contribution < 1.29 is 24.5 Å². The number of carbonyl (C=O) groups is 2. The van der Waals surface area contributed by atoms with Crippen LogP contribution in [0.3, 0.4) is 0 Å². The minimum atomic E-state index is -1.03. The number of aliphatic hydroxyl groups is 2. The summed E-state index contributed by atoms with van der Waals surface area (Å²) >= 11 is 1.53. The summed E-state index contributed by atoms with van der Waals surface area (Å²) in [5.74, 6) is -0.312. The Bertz CT molecular complexity index is 1460. The molecular formula is C36H46N4O5S. The van der Waals surface area contributed by atoms with Gasteiger partial charge in [-0.3, -0.25) is 14.5 Å². The molecule has 2 heterocycles. The summed E-state index contributed by atoms with van der Waals surface area (Å²) in [6.07, 6.45) is 3.51. The minimum absolute atomic E-state index is 0.0588. The zero-order valence-electron chi connectivity index (χ0n) is 26.9. The second kappa shape index (κ2) is 15.4. The number of carbonyl (C=O) groups excluding carboxylic acids is 2. The number of hydrogen-bond donors (Lipinski definition) is 4. The second-order valence-corrected chi connectivity index (χ2v) is 13.7. The number of benzene rings is 2. The quantitative estimate of drug-likeness (QED) is 0.174. The van der Waals surface area contributed by atoms with Crippen molar-refractivity contribution in [1.29, 1.82) is 0 Å². The molecule has 0 radical (unpaired) electrons. The van der Waals surface area contributed by atoms with Crippen molar-refractivity contribution >= 4 is 23.2 Å². The smallest absolute Gasteiger partial charge is 0.243 e. The molecule has 2 aliphatic rings. The standard InChI is InChI=1S/C36H46N4O5S/c1-36(21-32(36)41)24-38-34(43)30(20-29-12-8-18-46-29)40(3)35(44)31(39(2)33(42)23-45-22-28-11-7-17-37-28)19-25-13-15-27(16-14-25)26-9-5-4-6-10-26/h4-6,8-10,12-16,18,21,28,30-31,33,37,41-42H,7,11,17,19-20,22-24H2,1-3H3,(H,38,43)/t28-,30+,31+,33?,36?/m0/s1. The highest BCUT2D eigenvalue weighted by molar-refractivity contribution is 7.09. The molecule has 2 amide bonds. The van der Waals surface area contributed by atoms with Crippen LogP contribution in [0, 0.1) is 5.41 Å². The summed E-state index contributed by atoms with van der Waals surface area (Å²) < 4.78 is 5.87. The van der Waals surface area contributed by atoms with Gasteiger partial charge in [-0.15, -0.1) is 11.3 Å². The SMILES string of the molecule is CN(C(=O)[C@@H](Cc1ccc(-c2ccccc2)cc1)N(C)C(O)COC[C@@H]1CCCN1)[C@H](Cc1cccs1)C(=O)NCC1(C)C=C1O. The van der Waals surface area contributed by atoms with E-state index in [0.29, 0.717) is 19.4 Å². The maximum Gasteiger partial charge on any atom is 0.243 e. The van der Waals surface area contributed by atoms with Gasteiger partial charge < -0.3 is 30.5 Å². The van der Waals surface area contributed by atoms with Gasteiger partial charge in [0.25, 0.3) is 0 Å². The number of nitrogens with zero attached hydrogens (tertiary/aromatic N) is 2. The van der Waals surface area contributed by atoms with E-state index in [2.05, 4.69) is 22.8 Å². The number of hydrogen-bond acceptors (Lipinski definition) is 8. The van der Waals surface area contributed by atoms with Crippen molar-refractivity contribution in [3.05, 3.63) is 94.4 Å². The molecule has 0 spiro atoms. The van der Waals surface area contributed by atoms with Gasteiger partial charge in [0, 0.05) is 30.9 Å². The fourth-order valence-corrected chi connectivity index (χ4v) is 6.59. The average Bonchev–Trinajstić information content (AvgIpc) is 3.51. The van der Waals surface area contributed by atoms with Gasteiger partial charge in [-0.05, 0) is 74.0 Å². The van der Waals surface area contributed by atoms with E-state index in [1.165, 1.54) is 16.2 Å². The van der Waals surface area contributed by atoms with E-state index in [4.69, 9.17) is 4.74 Å². The summed E-state index contributed by atoms with van der Waals surface area (Å²) in [4.78, 5) is 32.2. The summed E-state index contributed by atoms with van der Waals surface area (Å²) in [5.41, 5.74) is 2.57. The van der Waals surface area contributed by atoms with Gasteiger partial charge in [0.1, 0.15) is 18.0 Å². The van der Waals surface area contributed by atoms with Gasteiger partial charge in [0.2, 0.25) is 11.8 Å². The number of ether oxygens (including phenoxy) is 1. The Morgan fingerprint density at radius 2 is 1.76 bits per heavy atom. The first-order valence-corrected chi connectivity index (χ1v) is 16.9. The van der Waals surface area contributed by atoms with Crippen LogP contribution in [0.4, 0.5) is 0 Å². The third kappa shape index (κ3) is 8.63. The first-order valence-electron chi connectivity index (χ1n) is 16.0. The molecule has 1 fully saturated rings. The van der Waals surface area contributed by atoms with E-state index in [-0.39, 0.29) is 36.8 Å². The van der Waals surface area contributed by atoms with E-state index in [0.717, 1.165) is 41.0 Å². The lowest BCUT2D eigenvalue weighted by Crippen LogP contribution is -2.57. The number of thiophene rings is 1. The predicted molar refractivity (Wildman–Crippen MR) is 181 cm³/mol. The average molecular weight is 647 g/mol. The van der Waals surface area contributed by atoms with E-state index < -0.39 is 23.7 Å². The summed E-state index contributed by atoms with van der Waals surface area (Å²) in [6.45, 7) is 3.63. The van der Waals surface area contributed by atoms with Gasteiger partial charge in [-0.1, -0.05) is 60.7 Å². The molecule has 1 aliphatic heterocycles. The maximum atomic E-state index is 14.4. The maximum absolute atomic E-state index is 14.4. The number of likely N-dealkylation sites (N-methyl/N-ethyl adjacent to an activating group) is 2. The Labute approximate surface area is 275 Å². The molecule has 1 aliphatic carbocycles. The highest BCUT2D eigenvalue weighted by atomic mass is 32.1.